The lowest BCUT2D eigenvalue weighted by Crippen LogP contribution is -2.28. The first kappa shape index (κ1) is 45.3. The monoisotopic (exact) mass is 1040 g/mol. The summed E-state index contributed by atoms with van der Waals surface area (Å²) >= 11 is 0. The van der Waals surface area contributed by atoms with E-state index >= 15 is 0 Å². The molecule has 82 heavy (non-hydrogen) atoms. The quantitative estimate of drug-likeness (QED) is 0.154. The van der Waals surface area contributed by atoms with Gasteiger partial charge in [-0.15, -0.1) is 0 Å². The summed E-state index contributed by atoms with van der Waals surface area (Å²) in [4.78, 5) is 2.53. The Labute approximate surface area is 475 Å². The summed E-state index contributed by atoms with van der Waals surface area (Å²) in [6.07, 6.45) is 0. The van der Waals surface area contributed by atoms with Crippen LogP contribution in [0.1, 0.15) is 44.5 Å². The summed E-state index contributed by atoms with van der Waals surface area (Å²) in [5, 5.41) is 9.68. The molecule has 0 unspecified atom stereocenters. The van der Waals surface area contributed by atoms with Crippen molar-refractivity contribution in [1.29, 1.82) is 0 Å². The van der Waals surface area contributed by atoms with Gasteiger partial charge in [0.1, 0.15) is 11.2 Å². The van der Waals surface area contributed by atoms with Gasteiger partial charge < -0.3 is 9.32 Å². The van der Waals surface area contributed by atoms with Crippen LogP contribution in [0.15, 0.2) is 302 Å². The molecule has 2 heteroatoms. The summed E-state index contributed by atoms with van der Waals surface area (Å²) in [6.45, 7) is 0. The molecular weight excluding hydrogens is 991 g/mol. The van der Waals surface area contributed by atoms with Gasteiger partial charge in [0.15, 0.2) is 0 Å². The average molecular weight is 1040 g/mol. The predicted octanol–water partition coefficient (Wildman–Crippen LogP) is 20.9. The van der Waals surface area contributed by atoms with Gasteiger partial charge in [-0.2, -0.15) is 0 Å². The maximum atomic E-state index is 6.51. The molecule has 0 aliphatic heterocycles. The van der Waals surface area contributed by atoms with E-state index in [0.717, 1.165) is 44.7 Å². The van der Waals surface area contributed by atoms with Crippen molar-refractivity contribution in [3.8, 4) is 44.5 Å². The zero-order valence-electron chi connectivity index (χ0n) is 44.6. The minimum atomic E-state index is -0.578. The molecule has 1 aromatic heterocycles. The molecule has 18 rings (SSSR count). The van der Waals surface area contributed by atoms with E-state index < -0.39 is 10.8 Å². The van der Waals surface area contributed by atoms with Gasteiger partial charge in [-0.25, -0.2) is 0 Å². The van der Waals surface area contributed by atoms with Gasteiger partial charge in [-0.3, -0.25) is 0 Å². The Morgan fingerprint density at radius 1 is 0.232 bits per heavy atom. The van der Waals surface area contributed by atoms with Crippen molar-refractivity contribution in [3.63, 3.8) is 0 Å². The van der Waals surface area contributed by atoms with Crippen molar-refractivity contribution in [2.75, 3.05) is 4.90 Å². The zero-order chi connectivity index (χ0) is 53.7. The number of hydrogen-bond donors (Lipinski definition) is 0. The first-order valence-electron chi connectivity index (χ1n) is 28.6. The van der Waals surface area contributed by atoms with Gasteiger partial charge in [0, 0.05) is 33.2 Å². The molecule has 3 aliphatic rings. The molecule has 0 radical (unpaired) electrons. The van der Waals surface area contributed by atoms with Crippen LogP contribution in [0.25, 0.3) is 98.8 Å². The maximum absolute atomic E-state index is 6.51. The average Bonchev–Trinajstić information content (AvgIpc) is 1.97. The Bertz CT molecular complexity index is 4980. The predicted molar refractivity (Wildman–Crippen MR) is 340 cm³/mol. The third-order valence-corrected chi connectivity index (χ3v) is 18.7. The lowest BCUT2D eigenvalue weighted by atomic mass is 9.67. The molecular formula is C80H49NO. The van der Waals surface area contributed by atoms with Crippen LogP contribution in [0.5, 0.6) is 0 Å². The van der Waals surface area contributed by atoms with E-state index in [-0.39, 0.29) is 0 Å². The Morgan fingerprint density at radius 2 is 0.671 bits per heavy atom. The van der Waals surface area contributed by atoms with Crippen LogP contribution < -0.4 is 4.90 Å². The normalized spacial score (nSPS) is 13.8. The largest absolute Gasteiger partial charge is 0.456 e. The number of hydrogen-bond acceptors (Lipinski definition) is 2. The van der Waals surface area contributed by atoms with E-state index in [2.05, 4.69) is 302 Å². The van der Waals surface area contributed by atoms with Gasteiger partial charge >= 0.3 is 0 Å². The first-order valence-corrected chi connectivity index (χ1v) is 28.6. The highest BCUT2D eigenvalue weighted by Crippen LogP contribution is 2.64. The molecule has 0 amide bonds. The van der Waals surface area contributed by atoms with E-state index in [9.17, 15) is 0 Å². The van der Waals surface area contributed by atoms with Crippen molar-refractivity contribution >= 4 is 71.3 Å². The van der Waals surface area contributed by atoms with Gasteiger partial charge in [0.25, 0.3) is 0 Å². The lowest BCUT2D eigenvalue weighted by molar-refractivity contribution is 0.669. The summed E-state index contributed by atoms with van der Waals surface area (Å²) in [5.74, 6) is 0. The van der Waals surface area contributed by atoms with Crippen molar-refractivity contribution in [1.82, 2.24) is 0 Å². The highest BCUT2D eigenvalue weighted by atomic mass is 16.3. The molecule has 0 N–H and O–H groups in total. The Hall–Kier alpha value is -10.5. The van der Waals surface area contributed by atoms with Gasteiger partial charge in [-0.05, 0) is 177 Å². The van der Waals surface area contributed by atoms with Crippen molar-refractivity contribution in [2.24, 2.45) is 0 Å². The summed E-state index contributed by atoms with van der Waals surface area (Å²) in [7, 11) is 0. The van der Waals surface area contributed by atoms with E-state index in [1.165, 1.54) is 116 Å². The van der Waals surface area contributed by atoms with Crippen LogP contribution in [0.3, 0.4) is 0 Å². The fourth-order valence-electron chi connectivity index (χ4n) is 15.5. The first-order chi connectivity index (χ1) is 40.7. The van der Waals surface area contributed by atoms with Crippen LogP contribution >= 0.6 is 0 Å². The molecule has 0 saturated carbocycles. The van der Waals surface area contributed by atoms with E-state index in [1.807, 2.05) is 0 Å². The Morgan fingerprint density at radius 3 is 1.28 bits per heavy atom. The number of furan rings is 1. The molecule has 380 valence electrons. The highest BCUT2D eigenvalue weighted by Gasteiger charge is 2.52. The molecule has 0 bridgehead atoms. The fraction of sp³-hybridized carbons (Fsp3) is 0.0250. The molecule has 15 aromatic rings. The fourth-order valence-corrected chi connectivity index (χ4v) is 15.5. The van der Waals surface area contributed by atoms with Crippen LogP contribution in [0.2, 0.25) is 0 Å². The number of anilines is 3. The summed E-state index contributed by atoms with van der Waals surface area (Å²) in [5.41, 5.74) is 24.3. The topological polar surface area (TPSA) is 16.4 Å². The van der Waals surface area contributed by atoms with Crippen molar-refractivity contribution < 1.29 is 4.42 Å². The molecule has 0 fully saturated rings. The van der Waals surface area contributed by atoms with Crippen molar-refractivity contribution in [3.05, 3.63) is 342 Å². The summed E-state index contributed by atoms with van der Waals surface area (Å²) in [6, 6.07) is 111. The van der Waals surface area contributed by atoms with Crippen LogP contribution in [-0.4, -0.2) is 0 Å². The third kappa shape index (κ3) is 5.97. The molecule has 0 atom stereocenters. The molecule has 3 aliphatic carbocycles. The minimum Gasteiger partial charge on any atom is -0.456 e. The number of fused-ring (bicyclic) bond motifs is 23. The second kappa shape index (κ2) is 17.0. The third-order valence-electron chi connectivity index (χ3n) is 18.7. The van der Waals surface area contributed by atoms with Crippen LogP contribution in [-0.2, 0) is 10.8 Å². The number of nitrogens with zero attached hydrogens (tertiary/aromatic N) is 1. The molecule has 1 spiro atoms. The lowest BCUT2D eigenvalue weighted by Gasteiger charge is -2.35. The van der Waals surface area contributed by atoms with E-state index in [0.29, 0.717) is 0 Å². The van der Waals surface area contributed by atoms with Gasteiger partial charge in [0.2, 0.25) is 0 Å². The Kier molecular flexibility index (Phi) is 9.39. The van der Waals surface area contributed by atoms with Crippen molar-refractivity contribution in [2.45, 2.75) is 10.8 Å². The maximum Gasteiger partial charge on any atom is 0.136 e. The molecule has 0 saturated heterocycles. The van der Waals surface area contributed by atoms with Crippen LogP contribution in [0.4, 0.5) is 17.1 Å². The SMILES string of the molecule is c1ccc(C2(c3ccccc3)c3ccccc3-c3ccc(N(c4cccc(-c5ccc6c7ccccc7c7c(ccc8oc9ccccc9c87)c6c5)c4)c4ccc5c(c4)C4(c6ccccc6-c6ccccc64)c4ccccc4-5)cc32)cc1. The van der Waals surface area contributed by atoms with Crippen LogP contribution in [0, 0.1) is 0 Å². The standard InChI is InChI=1S/C80H49NO/c1-3-21-52(22-4-1)79(53-23-5-2-6-24-53)69-33-14-9-29-61(69)63-42-39-55(48-73(63)79)81(56-40-43-64-62-30-12-17-36-72(62)80(74(64)49-56)70-34-15-10-27-59(70)60-28-11-16-35-71(60)80)54-25-19-20-50(46-54)51-38-41-58-57-26-7-8-31-65(57)77-66(68(58)47-51)44-45-76-78(77)67-32-13-18-37-75(67)82-76/h1-49H. The highest BCUT2D eigenvalue weighted by molar-refractivity contribution is 6.34. The number of rotatable bonds is 6. The van der Waals surface area contributed by atoms with Gasteiger partial charge in [0.05, 0.1) is 10.8 Å². The van der Waals surface area contributed by atoms with E-state index in [1.54, 1.807) is 0 Å². The number of para-hydroxylation sites is 1. The zero-order valence-corrected chi connectivity index (χ0v) is 44.6. The summed E-state index contributed by atoms with van der Waals surface area (Å²) < 4.78 is 6.51. The smallest absolute Gasteiger partial charge is 0.136 e. The second-order valence-corrected chi connectivity index (χ2v) is 22.5. The molecule has 2 nitrogen and oxygen atoms in total. The molecule has 14 aromatic carbocycles. The number of benzene rings is 14. The Balaban J connectivity index is 0.891. The second-order valence-electron chi connectivity index (χ2n) is 22.5. The van der Waals surface area contributed by atoms with Gasteiger partial charge in [-0.1, -0.05) is 237 Å². The van der Waals surface area contributed by atoms with E-state index in [4.69, 9.17) is 4.42 Å². The molecule has 1 heterocycles. The minimum absolute atomic E-state index is 0.510.